The summed E-state index contributed by atoms with van der Waals surface area (Å²) in [6.45, 7) is 6.32. The highest BCUT2D eigenvalue weighted by Gasteiger charge is 2.24. The Hall–Kier alpha value is -2.18. The van der Waals surface area contributed by atoms with Gasteiger partial charge in [-0.2, -0.15) is 5.10 Å². The molecule has 2 aliphatic rings. The highest BCUT2D eigenvalue weighted by molar-refractivity contribution is 5.92. The fraction of sp³-hybridized carbons (Fsp3) is 0.500. The molecule has 2 saturated heterocycles. The average Bonchev–Trinajstić information content (AvgIpc) is 3.20. The van der Waals surface area contributed by atoms with Crippen LogP contribution >= 0.6 is 0 Å². The Bertz CT molecular complexity index is 715. The first kappa shape index (κ1) is 17.2. The molecule has 6 heteroatoms. The number of nitrogens with zero attached hydrogens (tertiary/aromatic N) is 4. The van der Waals surface area contributed by atoms with Crippen LogP contribution in [0.15, 0.2) is 42.6 Å². The van der Waals surface area contributed by atoms with Gasteiger partial charge in [-0.3, -0.25) is 14.4 Å². The SMILES string of the molecule is O=C(c1ccn(C2CCCNC2)n1)N1CCN(Cc2ccccc2)CC1. The van der Waals surface area contributed by atoms with Crippen LogP contribution in [-0.4, -0.2) is 64.8 Å². The van der Waals surface area contributed by atoms with Gasteiger partial charge in [-0.05, 0) is 31.0 Å². The third-order valence-corrected chi connectivity index (χ3v) is 5.38. The van der Waals surface area contributed by atoms with E-state index in [0.29, 0.717) is 11.7 Å². The number of aromatic nitrogens is 2. The third kappa shape index (κ3) is 3.97. The molecule has 1 aromatic heterocycles. The summed E-state index contributed by atoms with van der Waals surface area (Å²) < 4.78 is 1.96. The van der Waals surface area contributed by atoms with E-state index in [-0.39, 0.29) is 5.91 Å². The van der Waals surface area contributed by atoms with Crippen LogP contribution in [-0.2, 0) is 6.54 Å². The number of piperazine rings is 1. The quantitative estimate of drug-likeness (QED) is 0.910. The minimum atomic E-state index is 0.0619. The molecule has 0 radical (unpaired) electrons. The van der Waals surface area contributed by atoms with Crippen molar-refractivity contribution < 1.29 is 4.79 Å². The van der Waals surface area contributed by atoms with Crippen molar-refractivity contribution in [2.45, 2.75) is 25.4 Å². The molecule has 0 saturated carbocycles. The van der Waals surface area contributed by atoms with Gasteiger partial charge in [0.2, 0.25) is 0 Å². The van der Waals surface area contributed by atoms with Crippen LogP contribution in [0.3, 0.4) is 0 Å². The number of carbonyl (C=O) groups is 1. The van der Waals surface area contributed by atoms with Gasteiger partial charge in [-0.25, -0.2) is 0 Å². The number of nitrogens with one attached hydrogen (secondary N) is 1. The molecule has 1 atom stereocenters. The van der Waals surface area contributed by atoms with Crippen LogP contribution in [0.25, 0.3) is 0 Å². The summed E-state index contributed by atoms with van der Waals surface area (Å²) in [4.78, 5) is 17.1. The number of hydrogen-bond acceptors (Lipinski definition) is 4. The van der Waals surface area contributed by atoms with E-state index in [1.807, 2.05) is 27.9 Å². The first-order valence-electron chi connectivity index (χ1n) is 9.61. The largest absolute Gasteiger partial charge is 0.335 e. The minimum absolute atomic E-state index is 0.0619. The fourth-order valence-corrected chi connectivity index (χ4v) is 3.83. The molecule has 1 amide bonds. The van der Waals surface area contributed by atoms with E-state index in [1.165, 1.54) is 5.56 Å². The Kier molecular flexibility index (Phi) is 5.32. The molecule has 2 aromatic rings. The fourth-order valence-electron chi connectivity index (χ4n) is 3.83. The number of rotatable bonds is 4. The molecule has 1 unspecified atom stereocenters. The maximum Gasteiger partial charge on any atom is 0.274 e. The predicted molar refractivity (Wildman–Crippen MR) is 101 cm³/mol. The summed E-state index contributed by atoms with van der Waals surface area (Å²) in [5.41, 5.74) is 1.90. The predicted octanol–water partition coefficient (Wildman–Crippen LogP) is 1.77. The Balaban J connectivity index is 1.31. The van der Waals surface area contributed by atoms with Crippen molar-refractivity contribution in [2.75, 3.05) is 39.3 Å². The normalized spacial score (nSPS) is 21.7. The van der Waals surface area contributed by atoms with E-state index in [4.69, 9.17) is 0 Å². The molecule has 2 aliphatic heterocycles. The molecular weight excluding hydrogens is 326 g/mol. The van der Waals surface area contributed by atoms with Crippen LogP contribution in [0, 0.1) is 0 Å². The van der Waals surface area contributed by atoms with E-state index < -0.39 is 0 Å². The number of carbonyl (C=O) groups excluding carboxylic acids is 1. The number of piperidine rings is 1. The van der Waals surface area contributed by atoms with Crippen molar-refractivity contribution in [2.24, 2.45) is 0 Å². The minimum Gasteiger partial charge on any atom is -0.335 e. The third-order valence-electron chi connectivity index (χ3n) is 5.38. The van der Waals surface area contributed by atoms with Gasteiger partial charge in [0, 0.05) is 45.5 Å². The summed E-state index contributed by atoms with van der Waals surface area (Å²) in [7, 11) is 0. The van der Waals surface area contributed by atoms with E-state index in [0.717, 1.165) is 58.7 Å². The van der Waals surface area contributed by atoms with Gasteiger partial charge in [-0.15, -0.1) is 0 Å². The van der Waals surface area contributed by atoms with Crippen molar-refractivity contribution in [3.8, 4) is 0 Å². The Labute approximate surface area is 154 Å². The van der Waals surface area contributed by atoms with E-state index in [2.05, 4.69) is 39.6 Å². The second-order valence-electron chi connectivity index (χ2n) is 7.24. The van der Waals surface area contributed by atoms with Crippen LogP contribution in [0.5, 0.6) is 0 Å². The van der Waals surface area contributed by atoms with Gasteiger partial charge >= 0.3 is 0 Å². The van der Waals surface area contributed by atoms with Crippen molar-refractivity contribution in [1.82, 2.24) is 24.9 Å². The Morgan fingerprint density at radius 1 is 1.12 bits per heavy atom. The topological polar surface area (TPSA) is 53.4 Å². The lowest BCUT2D eigenvalue weighted by molar-refractivity contribution is 0.0621. The maximum absolute atomic E-state index is 12.8. The molecule has 3 heterocycles. The molecule has 6 nitrogen and oxygen atoms in total. The molecule has 1 N–H and O–H groups in total. The van der Waals surface area contributed by atoms with Crippen molar-refractivity contribution in [1.29, 1.82) is 0 Å². The van der Waals surface area contributed by atoms with Gasteiger partial charge in [0.25, 0.3) is 5.91 Å². The van der Waals surface area contributed by atoms with Crippen molar-refractivity contribution in [3.63, 3.8) is 0 Å². The molecule has 2 fully saturated rings. The molecule has 4 rings (SSSR count). The summed E-state index contributed by atoms with van der Waals surface area (Å²) >= 11 is 0. The average molecular weight is 353 g/mol. The van der Waals surface area contributed by atoms with Crippen LogP contribution in [0.2, 0.25) is 0 Å². The van der Waals surface area contributed by atoms with E-state index >= 15 is 0 Å². The van der Waals surface area contributed by atoms with Gasteiger partial charge in [0.1, 0.15) is 5.69 Å². The van der Waals surface area contributed by atoms with Crippen LogP contribution < -0.4 is 5.32 Å². The van der Waals surface area contributed by atoms with Gasteiger partial charge in [-0.1, -0.05) is 30.3 Å². The molecule has 26 heavy (non-hydrogen) atoms. The molecule has 138 valence electrons. The summed E-state index contributed by atoms with van der Waals surface area (Å²) in [6.07, 6.45) is 4.24. The molecule has 0 bridgehead atoms. The van der Waals surface area contributed by atoms with Gasteiger partial charge in [0.05, 0.1) is 6.04 Å². The van der Waals surface area contributed by atoms with Crippen LogP contribution in [0.1, 0.15) is 34.9 Å². The summed E-state index contributed by atoms with van der Waals surface area (Å²) in [5.74, 6) is 0.0619. The van der Waals surface area contributed by atoms with Crippen LogP contribution in [0.4, 0.5) is 0 Å². The summed E-state index contributed by atoms with van der Waals surface area (Å²) in [6, 6.07) is 12.7. The van der Waals surface area contributed by atoms with Gasteiger partial charge in [0.15, 0.2) is 0 Å². The van der Waals surface area contributed by atoms with Gasteiger partial charge < -0.3 is 10.2 Å². The Morgan fingerprint density at radius 2 is 1.92 bits per heavy atom. The van der Waals surface area contributed by atoms with Crippen molar-refractivity contribution >= 4 is 5.91 Å². The maximum atomic E-state index is 12.8. The van der Waals surface area contributed by atoms with Crippen molar-refractivity contribution in [3.05, 3.63) is 53.9 Å². The first-order valence-corrected chi connectivity index (χ1v) is 9.61. The standard InChI is InChI=1S/C20H27N5O/c26-20(19-8-10-25(22-19)18-7-4-9-21-15-18)24-13-11-23(12-14-24)16-17-5-2-1-3-6-17/h1-3,5-6,8,10,18,21H,4,7,9,11-16H2. The molecule has 1 aromatic carbocycles. The first-order chi connectivity index (χ1) is 12.8. The zero-order valence-electron chi connectivity index (χ0n) is 15.2. The smallest absolute Gasteiger partial charge is 0.274 e. The lowest BCUT2D eigenvalue weighted by Crippen LogP contribution is -2.48. The highest BCUT2D eigenvalue weighted by Crippen LogP contribution is 2.17. The summed E-state index contributed by atoms with van der Waals surface area (Å²) in [5, 5.41) is 7.97. The number of hydrogen-bond donors (Lipinski definition) is 1. The molecule has 0 aliphatic carbocycles. The second-order valence-corrected chi connectivity index (χ2v) is 7.24. The zero-order chi connectivity index (χ0) is 17.8. The van der Waals surface area contributed by atoms with E-state index in [1.54, 1.807) is 0 Å². The number of amides is 1. The second kappa shape index (κ2) is 8.01. The molecular formula is C20H27N5O. The lowest BCUT2D eigenvalue weighted by Gasteiger charge is -2.34. The monoisotopic (exact) mass is 353 g/mol. The van der Waals surface area contributed by atoms with E-state index in [9.17, 15) is 4.79 Å². The lowest BCUT2D eigenvalue weighted by atomic mass is 10.1. The molecule has 0 spiro atoms. The Morgan fingerprint density at radius 3 is 2.65 bits per heavy atom. The zero-order valence-corrected chi connectivity index (χ0v) is 15.2. The number of benzene rings is 1. The highest BCUT2D eigenvalue weighted by atomic mass is 16.2.